The van der Waals surface area contributed by atoms with Gasteiger partial charge in [-0.3, -0.25) is 9.78 Å². The molecule has 0 aliphatic heterocycles. The van der Waals surface area contributed by atoms with Crippen molar-refractivity contribution in [3.8, 4) is 0 Å². The smallest absolute Gasteiger partial charge is 0.315 e. The zero-order valence-corrected chi connectivity index (χ0v) is 8.39. The lowest BCUT2D eigenvalue weighted by Gasteiger charge is -2.12. The molecule has 13 heavy (non-hydrogen) atoms. The van der Waals surface area contributed by atoms with E-state index in [1.807, 2.05) is 13.8 Å². The van der Waals surface area contributed by atoms with Gasteiger partial charge < -0.3 is 5.11 Å². The molecule has 0 amide bonds. The Morgan fingerprint density at radius 1 is 1.69 bits per heavy atom. The molecule has 1 aliphatic carbocycles. The van der Waals surface area contributed by atoms with Gasteiger partial charge in [0.25, 0.3) is 0 Å². The highest BCUT2D eigenvalue weighted by Crippen LogP contribution is 2.65. The van der Waals surface area contributed by atoms with Crippen molar-refractivity contribution in [3.63, 3.8) is 0 Å². The van der Waals surface area contributed by atoms with Crippen molar-refractivity contribution >= 4 is 17.3 Å². The number of hydrogen-bond acceptors (Lipinski definition) is 3. The first-order valence-corrected chi connectivity index (χ1v) is 5.01. The van der Waals surface area contributed by atoms with Crippen LogP contribution in [0.15, 0.2) is 11.7 Å². The van der Waals surface area contributed by atoms with Crippen molar-refractivity contribution in [2.45, 2.75) is 25.7 Å². The van der Waals surface area contributed by atoms with Crippen LogP contribution in [0.25, 0.3) is 0 Å². The van der Waals surface area contributed by atoms with Gasteiger partial charge in [0.2, 0.25) is 0 Å². The molecule has 1 aliphatic rings. The average molecular weight is 197 g/mol. The van der Waals surface area contributed by atoms with Gasteiger partial charge in [-0.15, -0.1) is 11.3 Å². The molecule has 3 nitrogen and oxygen atoms in total. The van der Waals surface area contributed by atoms with Gasteiger partial charge in [-0.1, -0.05) is 13.8 Å². The number of carboxylic acids is 1. The Morgan fingerprint density at radius 2 is 2.31 bits per heavy atom. The van der Waals surface area contributed by atoms with Gasteiger partial charge in [-0.2, -0.15) is 0 Å². The third-order valence-electron chi connectivity index (χ3n) is 2.96. The van der Waals surface area contributed by atoms with Gasteiger partial charge in [-0.25, -0.2) is 0 Å². The highest BCUT2D eigenvalue weighted by Gasteiger charge is 2.68. The van der Waals surface area contributed by atoms with Crippen LogP contribution in [0, 0.1) is 5.41 Å². The first kappa shape index (κ1) is 8.69. The molecule has 1 aromatic rings. The van der Waals surface area contributed by atoms with Crippen molar-refractivity contribution in [2.24, 2.45) is 5.41 Å². The summed E-state index contributed by atoms with van der Waals surface area (Å²) in [5.74, 6) is -0.721. The summed E-state index contributed by atoms with van der Waals surface area (Å²) in [6.45, 7) is 3.97. The van der Waals surface area contributed by atoms with E-state index < -0.39 is 11.4 Å². The molecular formula is C9H11NO2S. The summed E-state index contributed by atoms with van der Waals surface area (Å²) in [7, 11) is 0. The minimum atomic E-state index is -0.721. The van der Waals surface area contributed by atoms with E-state index in [4.69, 9.17) is 0 Å². The summed E-state index contributed by atoms with van der Waals surface area (Å²) in [5, 5.41) is 9.19. The summed E-state index contributed by atoms with van der Waals surface area (Å²) >= 11 is 1.43. The number of carboxylic acid groups (broad SMARTS) is 1. The van der Waals surface area contributed by atoms with E-state index in [1.54, 1.807) is 11.7 Å². The molecule has 0 bridgehead atoms. The normalized spacial score (nSPS) is 30.0. The largest absolute Gasteiger partial charge is 0.481 e. The van der Waals surface area contributed by atoms with Crippen LogP contribution in [0.2, 0.25) is 0 Å². The van der Waals surface area contributed by atoms with Crippen LogP contribution in [0.1, 0.15) is 25.1 Å². The number of nitrogens with zero attached hydrogens (tertiary/aromatic N) is 1. The van der Waals surface area contributed by atoms with Gasteiger partial charge in [0, 0.05) is 11.1 Å². The summed E-state index contributed by atoms with van der Waals surface area (Å²) in [4.78, 5) is 16.0. The molecule has 1 saturated carbocycles. The maximum atomic E-state index is 11.2. The molecule has 1 atom stereocenters. The number of aliphatic carboxylic acids is 1. The average Bonchev–Trinajstić information content (AvgIpc) is 2.52. The van der Waals surface area contributed by atoms with Crippen LogP contribution in [-0.4, -0.2) is 16.1 Å². The molecule has 1 heterocycles. The van der Waals surface area contributed by atoms with Crippen LogP contribution < -0.4 is 0 Å². The Hall–Kier alpha value is -0.900. The summed E-state index contributed by atoms with van der Waals surface area (Å²) in [6.07, 6.45) is 2.39. The molecule has 4 heteroatoms. The second-order valence-electron chi connectivity index (χ2n) is 4.14. The fourth-order valence-corrected chi connectivity index (χ4v) is 2.93. The quantitative estimate of drug-likeness (QED) is 0.787. The Morgan fingerprint density at radius 3 is 2.62 bits per heavy atom. The molecule has 0 radical (unpaired) electrons. The van der Waals surface area contributed by atoms with Crippen LogP contribution in [0.4, 0.5) is 0 Å². The van der Waals surface area contributed by atoms with Crippen LogP contribution in [-0.2, 0) is 10.2 Å². The summed E-state index contributed by atoms with van der Waals surface area (Å²) < 4.78 is 0. The van der Waals surface area contributed by atoms with E-state index in [-0.39, 0.29) is 5.41 Å². The van der Waals surface area contributed by atoms with E-state index in [9.17, 15) is 9.90 Å². The molecule has 0 aromatic carbocycles. The number of rotatable bonds is 2. The molecule has 1 N–H and O–H groups in total. The Kier molecular flexibility index (Phi) is 1.55. The molecule has 1 aromatic heterocycles. The molecule has 0 saturated heterocycles. The number of hydrogen-bond donors (Lipinski definition) is 1. The zero-order chi connectivity index (χ0) is 9.69. The van der Waals surface area contributed by atoms with E-state index in [0.717, 1.165) is 11.3 Å². The van der Waals surface area contributed by atoms with Crippen LogP contribution >= 0.6 is 11.3 Å². The second-order valence-corrected chi connectivity index (χ2v) is 5.02. The van der Waals surface area contributed by atoms with E-state index in [0.29, 0.717) is 0 Å². The number of thiazole rings is 1. The van der Waals surface area contributed by atoms with Crippen molar-refractivity contribution in [1.29, 1.82) is 0 Å². The van der Waals surface area contributed by atoms with E-state index >= 15 is 0 Å². The minimum Gasteiger partial charge on any atom is -0.481 e. The van der Waals surface area contributed by atoms with Gasteiger partial charge >= 0.3 is 5.97 Å². The molecule has 1 unspecified atom stereocenters. The monoisotopic (exact) mass is 197 g/mol. The minimum absolute atomic E-state index is 0.120. The first-order chi connectivity index (χ1) is 6.01. The SMILES string of the molecule is CC1(C)CC1(C(=O)O)c1cncs1. The Bertz CT molecular complexity index is 345. The van der Waals surface area contributed by atoms with Crippen molar-refractivity contribution < 1.29 is 9.90 Å². The second kappa shape index (κ2) is 2.32. The highest BCUT2D eigenvalue weighted by atomic mass is 32.1. The fourth-order valence-electron chi connectivity index (χ4n) is 1.94. The number of carbonyl (C=O) groups is 1. The summed E-state index contributed by atoms with van der Waals surface area (Å²) in [6, 6.07) is 0. The van der Waals surface area contributed by atoms with E-state index in [1.165, 1.54) is 11.3 Å². The maximum absolute atomic E-state index is 11.2. The fraction of sp³-hybridized carbons (Fsp3) is 0.556. The third kappa shape index (κ3) is 0.950. The van der Waals surface area contributed by atoms with Crippen molar-refractivity contribution in [1.82, 2.24) is 4.98 Å². The standard InChI is InChI=1S/C9H11NO2S/c1-8(2)4-9(8,7(11)12)6-3-10-5-13-6/h3,5H,4H2,1-2H3,(H,11,12). The third-order valence-corrected chi connectivity index (χ3v) is 3.89. The Labute approximate surface area is 80.4 Å². The molecule has 1 fully saturated rings. The topological polar surface area (TPSA) is 50.2 Å². The van der Waals surface area contributed by atoms with Gasteiger partial charge in [0.1, 0.15) is 5.41 Å². The predicted octanol–water partition coefficient (Wildman–Crippen LogP) is 1.90. The lowest BCUT2D eigenvalue weighted by Crippen LogP contribution is -2.24. The van der Waals surface area contributed by atoms with Gasteiger partial charge in [-0.05, 0) is 11.8 Å². The molecular weight excluding hydrogens is 186 g/mol. The van der Waals surface area contributed by atoms with Crippen LogP contribution in [0.5, 0.6) is 0 Å². The van der Waals surface area contributed by atoms with Crippen molar-refractivity contribution in [3.05, 3.63) is 16.6 Å². The van der Waals surface area contributed by atoms with Crippen molar-refractivity contribution in [2.75, 3.05) is 0 Å². The molecule has 70 valence electrons. The van der Waals surface area contributed by atoms with E-state index in [2.05, 4.69) is 4.98 Å². The lowest BCUT2D eigenvalue weighted by atomic mass is 9.95. The predicted molar refractivity (Wildman–Crippen MR) is 49.8 cm³/mol. The zero-order valence-electron chi connectivity index (χ0n) is 7.57. The van der Waals surface area contributed by atoms with Crippen LogP contribution in [0.3, 0.4) is 0 Å². The number of aromatic nitrogens is 1. The lowest BCUT2D eigenvalue weighted by molar-refractivity contribution is -0.140. The van der Waals surface area contributed by atoms with Gasteiger partial charge in [0.15, 0.2) is 0 Å². The highest BCUT2D eigenvalue weighted by molar-refractivity contribution is 7.10. The molecule has 0 spiro atoms. The van der Waals surface area contributed by atoms with Gasteiger partial charge in [0.05, 0.1) is 5.51 Å². The maximum Gasteiger partial charge on any atom is 0.315 e. The molecule has 2 rings (SSSR count). The summed E-state index contributed by atoms with van der Waals surface area (Å²) in [5.41, 5.74) is 0.911. The first-order valence-electron chi connectivity index (χ1n) is 4.13. The Balaban J connectivity index is 2.45.